The van der Waals surface area contributed by atoms with Crippen molar-refractivity contribution in [3.63, 3.8) is 0 Å². The summed E-state index contributed by atoms with van der Waals surface area (Å²) in [4.78, 5) is 35.3. The third-order valence-electron chi connectivity index (χ3n) is 4.11. The molecule has 4 atom stereocenters. The van der Waals surface area contributed by atoms with Gasteiger partial charge in [-0.1, -0.05) is 6.92 Å². The monoisotopic (exact) mass is 334 g/mol. The van der Waals surface area contributed by atoms with Crippen LogP contribution >= 0.6 is 8.15 Å². The van der Waals surface area contributed by atoms with E-state index in [2.05, 4.69) is 15.0 Å². The quantitative estimate of drug-likeness (QED) is 0.492. The average Bonchev–Trinajstić information content (AvgIpc) is 2.91. The molecule has 1 heterocycles. The second kappa shape index (κ2) is 9.40. The molecule has 1 amide bonds. The molecule has 128 valence electrons. The second-order valence-electron chi connectivity index (χ2n) is 5.62. The minimum atomic E-state index is -1.58. The van der Waals surface area contributed by atoms with Crippen LogP contribution in [0, 0.1) is 5.92 Å². The van der Waals surface area contributed by atoms with Crippen LogP contribution in [0.2, 0.25) is 0 Å². The van der Waals surface area contributed by atoms with Crippen LogP contribution < -0.4 is 5.32 Å². The second-order valence-corrected chi connectivity index (χ2v) is 7.26. The molecular weight excluding hydrogens is 307 g/mol. The number of rotatable bonds is 8. The van der Waals surface area contributed by atoms with Crippen LogP contribution in [-0.2, 0) is 19.1 Å². The molecule has 7 nitrogen and oxygen atoms in total. The van der Waals surface area contributed by atoms with Gasteiger partial charge in [0, 0.05) is 13.2 Å². The fourth-order valence-corrected chi connectivity index (χ4v) is 3.67. The molecule has 0 bridgehead atoms. The van der Waals surface area contributed by atoms with Gasteiger partial charge < -0.3 is 24.6 Å². The van der Waals surface area contributed by atoms with E-state index in [-0.39, 0.29) is 36.4 Å². The van der Waals surface area contributed by atoms with Crippen molar-refractivity contribution in [3.8, 4) is 0 Å². The van der Waals surface area contributed by atoms with E-state index in [1.807, 2.05) is 14.0 Å². The Hall–Kier alpha value is -0.750. The predicted octanol–water partition coefficient (Wildman–Crippen LogP) is 0.368. The summed E-state index contributed by atoms with van der Waals surface area (Å²) in [5, 5.41) is 2.70. The summed E-state index contributed by atoms with van der Waals surface area (Å²) in [7, 11) is 3.35. The lowest BCUT2D eigenvalue weighted by atomic mass is 9.95. The Bertz CT molecular complexity index is 382. The van der Waals surface area contributed by atoms with Crippen molar-refractivity contribution in [1.82, 2.24) is 10.2 Å². The van der Waals surface area contributed by atoms with Gasteiger partial charge in [-0.25, -0.2) is 0 Å². The Morgan fingerprint density at radius 2 is 2.14 bits per heavy atom. The van der Waals surface area contributed by atoms with E-state index < -0.39 is 14.1 Å². The molecule has 1 rings (SSSR count). The van der Waals surface area contributed by atoms with Crippen molar-refractivity contribution in [3.05, 3.63) is 0 Å². The molecule has 2 N–H and O–H groups in total. The summed E-state index contributed by atoms with van der Waals surface area (Å²) in [5.41, 5.74) is 0. The maximum absolute atomic E-state index is 12.2. The smallest absolute Gasteiger partial charge is 0.312 e. The molecular formula is C14H27N2O5P. The molecule has 0 radical (unpaired) electrons. The largest absolute Gasteiger partial charge is 0.469 e. The van der Waals surface area contributed by atoms with Gasteiger partial charge in [0.1, 0.15) is 0 Å². The number of methoxy groups -OCH3 is 2. The van der Waals surface area contributed by atoms with E-state index in [0.717, 1.165) is 19.4 Å². The number of amides is 1. The highest BCUT2D eigenvalue weighted by Crippen LogP contribution is 2.28. The molecule has 0 saturated carbocycles. The molecule has 0 aromatic heterocycles. The number of nitrogens with zero attached hydrogens (tertiary/aromatic N) is 1. The number of hydrogen-bond acceptors (Lipinski definition) is 6. The van der Waals surface area contributed by atoms with Gasteiger partial charge in [-0.2, -0.15) is 0 Å². The lowest BCUT2D eigenvalue weighted by Gasteiger charge is -2.31. The van der Waals surface area contributed by atoms with Gasteiger partial charge in [0.2, 0.25) is 5.91 Å². The molecule has 0 spiro atoms. The number of carbonyl (C=O) groups is 2. The molecule has 22 heavy (non-hydrogen) atoms. The van der Waals surface area contributed by atoms with E-state index in [4.69, 9.17) is 4.74 Å². The third kappa shape index (κ3) is 5.47. The number of nitrogens with one attached hydrogen (secondary N) is 1. The van der Waals surface area contributed by atoms with Crippen molar-refractivity contribution in [2.75, 3.05) is 40.3 Å². The SMILES string of the molecule is COC(=O)CP(O)CNC(=O)C(C)C(OC)C1CCCN1C. The highest BCUT2D eigenvalue weighted by atomic mass is 31.1. The maximum atomic E-state index is 12.2. The Balaban J connectivity index is 2.47. The zero-order valence-corrected chi connectivity index (χ0v) is 14.6. The first-order chi connectivity index (χ1) is 10.4. The summed E-state index contributed by atoms with van der Waals surface area (Å²) >= 11 is 0. The molecule has 4 unspecified atom stereocenters. The fourth-order valence-electron chi connectivity index (χ4n) is 2.79. The van der Waals surface area contributed by atoms with Crippen LogP contribution in [0.3, 0.4) is 0 Å². The van der Waals surface area contributed by atoms with Crippen LogP contribution in [0.1, 0.15) is 19.8 Å². The Labute approximate surface area is 133 Å². The van der Waals surface area contributed by atoms with Crippen molar-refractivity contribution < 1.29 is 24.0 Å². The van der Waals surface area contributed by atoms with Gasteiger partial charge in [0.05, 0.1) is 39.7 Å². The van der Waals surface area contributed by atoms with Gasteiger partial charge in [0.15, 0.2) is 0 Å². The van der Waals surface area contributed by atoms with Gasteiger partial charge >= 0.3 is 5.97 Å². The lowest BCUT2D eigenvalue weighted by Crippen LogP contribution is -2.46. The van der Waals surface area contributed by atoms with Crippen molar-refractivity contribution in [2.45, 2.75) is 31.9 Å². The van der Waals surface area contributed by atoms with E-state index >= 15 is 0 Å². The minimum absolute atomic E-state index is 0.0699. The molecule has 0 aromatic carbocycles. The number of likely N-dealkylation sites (N-methyl/N-ethyl adjacent to an activating group) is 1. The summed E-state index contributed by atoms with van der Waals surface area (Å²) in [6, 6.07) is 0.233. The summed E-state index contributed by atoms with van der Waals surface area (Å²) < 4.78 is 10.0. The van der Waals surface area contributed by atoms with Crippen LogP contribution in [0.25, 0.3) is 0 Å². The van der Waals surface area contributed by atoms with Crippen LogP contribution in [0.15, 0.2) is 0 Å². The van der Waals surface area contributed by atoms with E-state index in [0.29, 0.717) is 0 Å². The first-order valence-corrected chi connectivity index (χ1v) is 9.08. The van der Waals surface area contributed by atoms with Crippen molar-refractivity contribution in [1.29, 1.82) is 0 Å². The number of carbonyl (C=O) groups excluding carboxylic acids is 2. The zero-order valence-electron chi connectivity index (χ0n) is 13.7. The Kier molecular flexibility index (Phi) is 8.25. The van der Waals surface area contributed by atoms with Crippen LogP contribution in [-0.4, -0.2) is 74.1 Å². The Morgan fingerprint density at radius 3 is 2.64 bits per heavy atom. The lowest BCUT2D eigenvalue weighted by molar-refractivity contribution is -0.137. The van der Waals surface area contributed by atoms with Gasteiger partial charge in [-0.3, -0.25) is 9.59 Å². The highest BCUT2D eigenvalue weighted by Gasteiger charge is 2.36. The van der Waals surface area contributed by atoms with E-state index in [1.165, 1.54) is 7.11 Å². The fraction of sp³-hybridized carbons (Fsp3) is 0.857. The summed E-state index contributed by atoms with van der Waals surface area (Å²) in [6.07, 6.45) is 1.96. The Morgan fingerprint density at radius 1 is 1.45 bits per heavy atom. The van der Waals surface area contributed by atoms with Crippen LogP contribution in [0.4, 0.5) is 0 Å². The zero-order chi connectivity index (χ0) is 16.7. The van der Waals surface area contributed by atoms with E-state index in [1.54, 1.807) is 7.11 Å². The van der Waals surface area contributed by atoms with Gasteiger partial charge in [0.25, 0.3) is 0 Å². The molecule has 0 aliphatic carbocycles. The number of esters is 1. The number of ether oxygens (including phenoxy) is 2. The average molecular weight is 334 g/mol. The summed E-state index contributed by atoms with van der Waals surface area (Å²) in [6.45, 7) is 2.84. The standard InChI is InChI=1S/C14H27N2O5P/c1-10(13(21-4)11-6-5-7-16(11)2)14(18)15-9-22(19)8-12(17)20-3/h10-11,13,19H,5-9H2,1-4H3,(H,15,18). The number of hydrogen-bond donors (Lipinski definition) is 2. The number of likely N-dealkylation sites (tertiary alicyclic amines) is 1. The summed E-state index contributed by atoms with van der Waals surface area (Å²) in [5.74, 6) is -0.964. The van der Waals surface area contributed by atoms with Gasteiger partial charge in [-0.15, -0.1) is 0 Å². The molecule has 1 fully saturated rings. The predicted molar refractivity (Wildman–Crippen MR) is 84.6 cm³/mol. The first-order valence-electron chi connectivity index (χ1n) is 7.42. The van der Waals surface area contributed by atoms with Crippen LogP contribution in [0.5, 0.6) is 0 Å². The van der Waals surface area contributed by atoms with Crippen molar-refractivity contribution >= 4 is 20.0 Å². The third-order valence-corrected chi connectivity index (χ3v) is 5.26. The first kappa shape index (κ1) is 19.3. The highest BCUT2D eigenvalue weighted by molar-refractivity contribution is 7.52. The molecule has 0 aromatic rings. The molecule has 1 saturated heterocycles. The normalized spacial score (nSPS) is 22.9. The molecule has 1 aliphatic rings. The van der Waals surface area contributed by atoms with Crippen molar-refractivity contribution in [2.24, 2.45) is 5.92 Å². The van der Waals surface area contributed by atoms with Gasteiger partial charge in [-0.05, 0) is 26.4 Å². The molecule has 1 aliphatic heterocycles. The topological polar surface area (TPSA) is 88.1 Å². The maximum Gasteiger partial charge on any atom is 0.312 e. The minimum Gasteiger partial charge on any atom is -0.469 e. The van der Waals surface area contributed by atoms with E-state index in [9.17, 15) is 14.5 Å². The molecule has 8 heteroatoms.